The number of carboxylic acids is 1. The number of hydrogen-bond donors (Lipinski definition) is 2. The van der Waals surface area contributed by atoms with Gasteiger partial charge in [0, 0.05) is 6.04 Å². The molecule has 0 radical (unpaired) electrons. The van der Waals surface area contributed by atoms with Gasteiger partial charge in [0.05, 0.1) is 11.4 Å². The van der Waals surface area contributed by atoms with Crippen LogP contribution < -0.4 is 5.32 Å². The Labute approximate surface area is 106 Å². The number of carboxylic acid groups (broad SMARTS) is 1. The largest absolute Gasteiger partial charge is 0.478 e. The minimum atomic E-state index is -1.02. The van der Waals surface area contributed by atoms with Crippen molar-refractivity contribution in [2.45, 2.75) is 46.7 Å². The van der Waals surface area contributed by atoms with E-state index >= 15 is 0 Å². The van der Waals surface area contributed by atoms with E-state index < -0.39 is 5.97 Å². The molecule has 0 aliphatic rings. The van der Waals surface area contributed by atoms with Crippen LogP contribution in [0.3, 0.4) is 0 Å². The maximum absolute atomic E-state index is 11.7. The Kier molecular flexibility index (Phi) is 4.47. The van der Waals surface area contributed by atoms with E-state index in [9.17, 15) is 9.59 Å². The number of aryl methyl sites for hydroxylation is 1. The zero-order valence-electron chi connectivity index (χ0n) is 11.1. The van der Waals surface area contributed by atoms with Crippen molar-refractivity contribution in [2.75, 3.05) is 0 Å². The fourth-order valence-electron chi connectivity index (χ4n) is 1.72. The number of hydrogen-bond acceptors (Lipinski definition) is 3. The number of nitrogens with zero attached hydrogens (tertiary/aromatic N) is 2. The van der Waals surface area contributed by atoms with Crippen LogP contribution in [0, 0.1) is 13.8 Å². The summed E-state index contributed by atoms with van der Waals surface area (Å²) in [6.07, 6.45) is 0.850. The summed E-state index contributed by atoms with van der Waals surface area (Å²) in [6, 6.07) is 0.105. The quantitative estimate of drug-likeness (QED) is 0.823. The summed E-state index contributed by atoms with van der Waals surface area (Å²) in [6.45, 7) is 7.22. The van der Waals surface area contributed by atoms with Crippen molar-refractivity contribution in [2.24, 2.45) is 0 Å². The molecule has 1 amide bonds. The lowest BCUT2D eigenvalue weighted by Crippen LogP contribution is -2.35. The van der Waals surface area contributed by atoms with Crippen molar-refractivity contribution in [1.29, 1.82) is 0 Å². The molecule has 1 rings (SSSR count). The average molecular weight is 253 g/mol. The second kappa shape index (κ2) is 5.66. The Morgan fingerprint density at radius 2 is 2.06 bits per heavy atom. The molecule has 0 bridgehead atoms. The van der Waals surface area contributed by atoms with Gasteiger partial charge >= 0.3 is 5.97 Å². The summed E-state index contributed by atoms with van der Waals surface area (Å²) >= 11 is 0. The molecule has 0 fully saturated rings. The van der Waals surface area contributed by atoms with Gasteiger partial charge in [-0.05, 0) is 27.2 Å². The number of nitrogens with one attached hydrogen (secondary N) is 1. The summed E-state index contributed by atoms with van der Waals surface area (Å²) in [5.41, 5.74) is 1.10. The first-order chi connectivity index (χ1) is 8.36. The van der Waals surface area contributed by atoms with Gasteiger partial charge in [0.15, 0.2) is 0 Å². The van der Waals surface area contributed by atoms with E-state index in [-0.39, 0.29) is 24.1 Å². The first kappa shape index (κ1) is 14.2. The van der Waals surface area contributed by atoms with Gasteiger partial charge in [-0.2, -0.15) is 5.10 Å². The van der Waals surface area contributed by atoms with E-state index in [4.69, 9.17) is 5.11 Å². The lowest BCUT2D eigenvalue weighted by molar-refractivity contribution is -0.122. The molecule has 0 saturated carbocycles. The zero-order chi connectivity index (χ0) is 13.9. The van der Waals surface area contributed by atoms with E-state index in [1.807, 2.05) is 13.8 Å². The molecule has 1 unspecified atom stereocenters. The lowest BCUT2D eigenvalue weighted by Gasteiger charge is -2.11. The van der Waals surface area contributed by atoms with E-state index in [1.165, 1.54) is 4.68 Å². The monoisotopic (exact) mass is 253 g/mol. The molecule has 0 aromatic carbocycles. The molecule has 1 atom stereocenters. The molecule has 18 heavy (non-hydrogen) atoms. The van der Waals surface area contributed by atoms with Crippen LogP contribution in [0.4, 0.5) is 0 Å². The summed E-state index contributed by atoms with van der Waals surface area (Å²) < 4.78 is 1.43. The topological polar surface area (TPSA) is 84.2 Å². The van der Waals surface area contributed by atoms with Gasteiger partial charge in [-0.3, -0.25) is 9.48 Å². The van der Waals surface area contributed by atoms with E-state index in [2.05, 4.69) is 10.4 Å². The SMILES string of the molecule is CCC(C)NC(=O)Cn1nc(C)c(C(=O)O)c1C. The normalized spacial score (nSPS) is 12.2. The van der Waals surface area contributed by atoms with Crippen LogP contribution in [0.1, 0.15) is 42.0 Å². The third-order valence-electron chi connectivity index (χ3n) is 2.91. The lowest BCUT2D eigenvalue weighted by atomic mass is 10.2. The van der Waals surface area contributed by atoms with Gasteiger partial charge < -0.3 is 10.4 Å². The van der Waals surface area contributed by atoms with Gasteiger partial charge in [0.1, 0.15) is 12.1 Å². The van der Waals surface area contributed by atoms with Gasteiger partial charge in [-0.15, -0.1) is 0 Å². The molecule has 0 aliphatic carbocycles. The summed E-state index contributed by atoms with van der Waals surface area (Å²) in [7, 11) is 0. The third-order valence-corrected chi connectivity index (χ3v) is 2.91. The van der Waals surface area contributed by atoms with Crippen molar-refractivity contribution < 1.29 is 14.7 Å². The van der Waals surface area contributed by atoms with Gasteiger partial charge in [0.2, 0.25) is 5.91 Å². The number of rotatable bonds is 5. The number of amides is 1. The molecular weight excluding hydrogens is 234 g/mol. The van der Waals surface area contributed by atoms with Gasteiger partial charge in [-0.1, -0.05) is 6.92 Å². The predicted molar refractivity (Wildman–Crippen MR) is 66.6 cm³/mol. The third kappa shape index (κ3) is 3.09. The zero-order valence-corrected chi connectivity index (χ0v) is 11.1. The summed E-state index contributed by atoms with van der Waals surface area (Å²) in [4.78, 5) is 22.7. The van der Waals surface area contributed by atoms with Crippen molar-refractivity contribution in [3.05, 3.63) is 17.0 Å². The van der Waals surface area contributed by atoms with Crippen LogP contribution >= 0.6 is 0 Å². The highest BCUT2D eigenvalue weighted by atomic mass is 16.4. The van der Waals surface area contributed by atoms with E-state index in [0.717, 1.165) is 6.42 Å². The van der Waals surface area contributed by atoms with E-state index in [0.29, 0.717) is 11.4 Å². The fraction of sp³-hybridized carbons (Fsp3) is 0.583. The van der Waals surface area contributed by atoms with Crippen LogP contribution in [-0.4, -0.2) is 32.8 Å². The fourth-order valence-corrected chi connectivity index (χ4v) is 1.72. The van der Waals surface area contributed by atoms with Crippen LogP contribution in [0.2, 0.25) is 0 Å². The average Bonchev–Trinajstić information content (AvgIpc) is 2.53. The highest BCUT2D eigenvalue weighted by Gasteiger charge is 2.19. The second-order valence-electron chi connectivity index (χ2n) is 4.39. The Morgan fingerprint density at radius 1 is 1.44 bits per heavy atom. The molecule has 1 heterocycles. The minimum Gasteiger partial charge on any atom is -0.478 e. The van der Waals surface area contributed by atoms with Crippen molar-refractivity contribution in [3.63, 3.8) is 0 Å². The number of aromatic carboxylic acids is 1. The van der Waals surface area contributed by atoms with Crippen molar-refractivity contribution >= 4 is 11.9 Å². The molecular formula is C12H19N3O3. The van der Waals surface area contributed by atoms with Crippen LogP contribution in [0.15, 0.2) is 0 Å². The van der Waals surface area contributed by atoms with Crippen LogP contribution in [0.5, 0.6) is 0 Å². The maximum atomic E-state index is 11.7. The number of carbonyl (C=O) groups excluding carboxylic acids is 1. The van der Waals surface area contributed by atoms with E-state index in [1.54, 1.807) is 13.8 Å². The second-order valence-corrected chi connectivity index (χ2v) is 4.39. The minimum absolute atomic E-state index is 0.0459. The van der Waals surface area contributed by atoms with Gasteiger partial charge in [-0.25, -0.2) is 4.79 Å². The van der Waals surface area contributed by atoms with Crippen LogP contribution in [0.25, 0.3) is 0 Å². The molecule has 100 valence electrons. The Bertz CT molecular complexity index is 465. The molecule has 1 aromatic rings. The first-order valence-electron chi connectivity index (χ1n) is 5.93. The first-order valence-corrected chi connectivity index (χ1v) is 5.93. The smallest absolute Gasteiger partial charge is 0.339 e. The predicted octanol–water partition coefficient (Wildman–Crippen LogP) is 1.11. The van der Waals surface area contributed by atoms with Gasteiger partial charge in [0.25, 0.3) is 0 Å². The molecule has 0 saturated heterocycles. The highest BCUT2D eigenvalue weighted by Crippen LogP contribution is 2.12. The molecule has 6 nitrogen and oxygen atoms in total. The summed E-state index contributed by atoms with van der Waals surface area (Å²) in [5.74, 6) is -1.18. The Balaban J connectivity index is 2.83. The summed E-state index contributed by atoms with van der Waals surface area (Å²) in [5, 5.41) is 15.9. The van der Waals surface area contributed by atoms with Crippen LogP contribution in [-0.2, 0) is 11.3 Å². The Hall–Kier alpha value is -1.85. The van der Waals surface area contributed by atoms with Crippen molar-refractivity contribution in [1.82, 2.24) is 15.1 Å². The molecule has 6 heteroatoms. The highest BCUT2D eigenvalue weighted by molar-refractivity contribution is 5.90. The molecule has 1 aromatic heterocycles. The Morgan fingerprint density at radius 3 is 2.50 bits per heavy atom. The number of carbonyl (C=O) groups is 2. The maximum Gasteiger partial charge on any atom is 0.339 e. The molecule has 0 aliphatic heterocycles. The standard InChI is InChI=1S/C12H19N3O3/c1-5-7(2)13-10(16)6-15-9(4)11(12(17)18)8(3)14-15/h7H,5-6H2,1-4H3,(H,13,16)(H,17,18). The molecule has 0 spiro atoms. The number of aromatic nitrogens is 2. The molecule has 2 N–H and O–H groups in total. The van der Waals surface area contributed by atoms with Crippen molar-refractivity contribution in [3.8, 4) is 0 Å².